The number of rotatable bonds is 8. The lowest BCUT2D eigenvalue weighted by Gasteiger charge is -2.16. The summed E-state index contributed by atoms with van der Waals surface area (Å²) in [5.74, 6) is 2.86. The number of nitrogens with zero attached hydrogens (tertiary/aromatic N) is 2. The zero-order valence-electron chi connectivity index (χ0n) is 17.6. The first-order valence-corrected chi connectivity index (χ1v) is 10.4. The fourth-order valence-electron chi connectivity index (χ4n) is 3.30. The van der Waals surface area contributed by atoms with Crippen molar-refractivity contribution in [1.82, 2.24) is 15.8 Å². The average Bonchev–Trinajstić information content (AvgIpc) is 3.37. The third-order valence-electron chi connectivity index (χ3n) is 4.92. The van der Waals surface area contributed by atoms with E-state index >= 15 is 0 Å². The summed E-state index contributed by atoms with van der Waals surface area (Å²) in [5, 5.41) is 10.7. The van der Waals surface area contributed by atoms with Crippen LogP contribution in [0, 0.1) is 0 Å². The van der Waals surface area contributed by atoms with Gasteiger partial charge < -0.3 is 19.9 Å². The van der Waals surface area contributed by atoms with Crippen LogP contribution < -0.4 is 15.4 Å². The zero-order chi connectivity index (χ0) is 19.8. The molecule has 29 heavy (non-hydrogen) atoms. The Morgan fingerprint density at radius 2 is 2.00 bits per heavy atom. The molecule has 0 amide bonds. The monoisotopic (exact) mass is 512 g/mol. The molecular weight excluding hydrogens is 479 g/mol. The molecule has 3 rings (SSSR count). The van der Waals surface area contributed by atoms with Crippen molar-refractivity contribution in [2.75, 3.05) is 6.54 Å². The van der Waals surface area contributed by atoms with Gasteiger partial charge in [-0.15, -0.1) is 24.0 Å². The fourth-order valence-corrected chi connectivity index (χ4v) is 3.30. The highest BCUT2D eigenvalue weighted by molar-refractivity contribution is 14.0. The van der Waals surface area contributed by atoms with Crippen LogP contribution in [0.25, 0.3) is 0 Å². The maximum absolute atomic E-state index is 6.22. The number of benzene rings is 1. The standard InChI is InChI=1S/C22H32N4O2.HI/c1-4-23-22(25-15-19-13-20(16(2)3)26-28-19)24-14-17-9-5-8-12-21(17)27-18-10-6-7-11-18;/h5,8-9,12-13,16,18H,4,6-7,10-11,14-15H2,1-3H3,(H2,23,24,25);1H. The van der Waals surface area contributed by atoms with Crippen LogP contribution in [0.15, 0.2) is 39.8 Å². The summed E-state index contributed by atoms with van der Waals surface area (Å²) < 4.78 is 11.6. The van der Waals surface area contributed by atoms with Gasteiger partial charge in [-0.3, -0.25) is 0 Å². The van der Waals surface area contributed by atoms with Gasteiger partial charge in [0.15, 0.2) is 11.7 Å². The van der Waals surface area contributed by atoms with Crippen LogP contribution >= 0.6 is 24.0 Å². The van der Waals surface area contributed by atoms with Crippen LogP contribution in [-0.2, 0) is 13.1 Å². The summed E-state index contributed by atoms with van der Waals surface area (Å²) in [4.78, 5) is 4.73. The van der Waals surface area contributed by atoms with Gasteiger partial charge in [0, 0.05) is 18.2 Å². The van der Waals surface area contributed by atoms with Gasteiger partial charge in [-0.1, -0.05) is 37.2 Å². The second-order valence-electron chi connectivity index (χ2n) is 7.55. The summed E-state index contributed by atoms with van der Waals surface area (Å²) in [6, 6.07) is 10.2. The Labute approximate surface area is 190 Å². The highest BCUT2D eigenvalue weighted by Gasteiger charge is 2.17. The molecule has 2 aromatic rings. The number of nitrogens with one attached hydrogen (secondary N) is 2. The molecule has 0 unspecified atom stereocenters. The molecule has 160 valence electrons. The van der Waals surface area contributed by atoms with Gasteiger partial charge in [0.25, 0.3) is 0 Å². The summed E-state index contributed by atoms with van der Waals surface area (Å²) in [6.07, 6.45) is 5.17. The molecule has 0 saturated heterocycles. The molecule has 1 heterocycles. The molecule has 0 bridgehead atoms. The number of para-hydroxylation sites is 1. The number of aliphatic imine (C=N–C) groups is 1. The topological polar surface area (TPSA) is 71.7 Å². The molecule has 7 heteroatoms. The predicted octanol–water partition coefficient (Wildman–Crippen LogP) is 4.99. The maximum Gasteiger partial charge on any atom is 0.191 e. The van der Waals surface area contributed by atoms with E-state index in [2.05, 4.69) is 42.6 Å². The van der Waals surface area contributed by atoms with Crippen molar-refractivity contribution >= 4 is 29.9 Å². The average molecular weight is 512 g/mol. The molecule has 1 saturated carbocycles. The minimum absolute atomic E-state index is 0. The Morgan fingerprint density at radius 3 is 2.69 bits per heavy atom. The van der Waals surface area contributed by atoms with E-state index in [1.54, 1.807) is 0 Å². The SMILES string of the molecule is CCNC(=NCc1ccccc1OC1CCCC1)NCc1cc(C(C)C)no1.I. The molecule has 0 spiro atoms. The molecule has 6 nitrogen and oxygen atoms in total. The van der Waals surface area contributed by atoms with Crippen molar-refractivity contribution in [3.05, 3.63) is 47.3 Å². The summed E-state index contributed by atoms with van der Waals surface area (Å²) >= 11 is 0. The summed E-state index contributed by atoms with van der Waals surface area (Å²) in [6.45, 7) is 8.16. The lowest BCUT2D eigenvalue weighted by atomic mass is 10.1. The predicted molar refractivity (Wildman–Crippen MR) is 127 cm³/mol. The largest absolute Gasteiger partial charge is 0.490 e. The number of ether oxygens (including phenoxy) is 1. The molecule has 0 radical (unpaired) electrons. The third kappa shape index (κ3) is 7.21. The van der Waals surface area contributed by atoms with Gasteiger partial charge in [0.05, 0.1) is 24.9 Å². The minimum atomic E-state index is 0. The molecule has 2 N–H and O–H groups in total. The first-order valence-electron chi connectivity index (χ1n) is 10.4. The van der Waals surface area contributed by atoms with E-state index in [0.29, 0.717) is 25.1 Å². The maximum atomic E-state index is 6.22. The van der Waals surface area contributed by atoms with E-state index < -0.39 is 0 Å². The Kier molecular flexibility index (Phi) is 9.76. The van der Waals surface area contributed by atoms with Crippen LogP contribution in [0.2, 0.25) is 0 Å². The van der Waals surface area contributed by atoms with Crippen LogP contribution in [-0.4, -0.2) is 23.8 Å². The van der Waals surface area contributed by atoms with Gasteiger partial charge in [0.2, 0.25) is 0 Å². The first-order chi connectivity index (χ1) is 13.7. The number of hydrogen-bond acceptors (Lipinski definition) is 4. The van der Waals surface area contributed by atoms with Crippen molar-refractivity contribution in [3.63, 3.8) is 0 Å². The van der Waals surface area contributed by atoms with Gasteiger partial charge in [-0.2, -0.15) is 0 Å². The lowest BCUT2D eigenvalue weighted by Crippen LogP contribution is -2.36. The second kappa shape index (κ2) is 12.0. The minimum Gasteiger partial charge on any atom is -0.490 e. The molecule has 1 aliphatic rings. The van der Waals surface area contributed by atoms with Crippen molar-refractivity contribution in [2.45, 2.75) is 71.6 Å². The third-order valence-corrected chi connectivity index (χ3v) is 4.92. The van der Waals surface area contributed by atoms with Crippen molar-refractivity contribution in [1.29, 1.82) is 0 Å². The van der Waals surface area contributed by atoms with Gasteiger partial charge >= 0.3 is 0 Å². The van der Waals surface area contributed by atoms with Gasteiger partial charge in [-0.05, 0) is 44.6 Å². The highest BCUT2D eigenvalue weighted by atomic mass is 127. The second-order valence-corrected chi connectivity index (χ2v) is 7.55. The Morgan fingerprint density at radius 1 is 1.24 bits per heavy atom. The summed E-state index contributed by atoms with van der Waals surface area (Å²) in [5.41, 5.74) is 2.07. The van der Waals surface area contributed by atoms with Crippen LogP contribution in [0.4, 0.5) is 0 Å². The normalized spacial score (nSPS) is 14.7. The Balaban J connectivity index is 0.00000300. The van der Waals surface area contributed by atoms with E-state index in [9.17, 15) is 0 Å². The van der Waals surface area contributed by atoms with Crippen LogP contribution in [0.3, 0.4) is 0 Å². The molecule has 1 aromatic heterocycles. The zero-order valence-corrected chi connectivity index (χ0v) is 19.9. The molecule has 0 aliphatic heterocycles. The van der Waals surface area contributed by atoms with Crippen molar-refractivity contribution < 1.29 is 9.26 Å². The van der Waals surface area contributed by atoms with Crippen LogP contribution in [0.1, 0.15) is 69.4 Å². The van der Waals surface area contributed by atoms with E-state index in [1.807, 2.05) is 24.3 Å². The number of hydrogen-bond donors (Lipinski definition) is 2. The van der Waals surface area contributed by atoms with Crippen molar-refractivity contribution in [3.8, 4) is 5.75 Å². The highest BCUT2D eigenvalue weighted by Crippen LogP contribution is 2.27. The molecular formula is C22H33IN4O2. The van der Waals surface area contributed by atoms with Gasteiger partial charge in [0.1, 0.15) is 5.75 Å². The Bertz CT molecular complexity index is 770. The lowest BCUT2D eigenvalue weighted by molar-refractivity contribution is 0.208. The molecule has 1 aliphatic carbocycles. The smallest absolute Gasteiger partial charge is 0.191 e. The number of aromatic nitrogens is 1. The van der Waals surface area contributed by atoms with E-state index in [4.69, 9.17) is 14.3 Å². The van der Waals surface area contributed by atoms with Gasteiger partial charge in [-0.25, -0.2) is 4.99 Å². The van der Waals surface area contributed by atoms with E-state index in [0.717, 1.165) is 48.1 Å². The molecule has 0 atom stereocenters. The number of halogens is 1. The fraction of sp³-hybridized carbons (Fsp3) is 0.545. The van der Waals surface area contributed by atoms with E-state index in [1.165, 1.54) is 12.8 Å². The number of guanidine groups is 1. The molecule has 1 aromatic carbocycles. The van der Waals surface area contributed by atoms with E-state index in [-0.39, 0.29) is 24.0 Å². The van der Waals surface area contributed by atoms with Crippen LogP contribution in [0.5, 0.6) is 5.75 Å². The Hall–Kier alpha value is -1.77. The summed E-state index contributed by atoms with van der Waals surface area (Å²) in [7, 11) is 0. The molecule has 1 fully saturated rings. The first kappa shape index (κ1) is 23.5. The van der Waals surface area contributed by atoms with Crippen molar-refractivity contribution in [2.24, 2.45) is 4.99 Å². The quantitative estimate of drug-likeness (QED) is 0.296.